The van der Waals surface area contributed by atoms with E-state index in [9.17, 15) is 4.79 Å². The van der Waals surface area contributed by atoms with E-state index in [1.54, 1.807) is 7.05 Å². The summed E-state index contributed by atoms with van der Waals surface area (Å²) in [6, 6.07) is 0. The smallest absolute Gasteiger partial charge is 0.221 e. The monoisotopic (exact) mass is 509 g/mol. The van der Waals surface area contributed by atoms with Crippen molar-refractivity contribution in [1.29, 1.82) is 0 Å². The lowest BCUT2D eigenvalue weighted by atomic mass is 9.97. The van der Waals surface area contributed by atoms with Crippen molar-refractivity contribution in [2.45, 2.75) is 63.9 Å². The van der Waals surface area contributed by atoms with Gasteiger partial charge in [0.1, 0.15) is 0 Å². The van der Waals surface area contributed by atoms with Gasteiger partial charge in [-0.2, -0.15) is 0 Å². The third-order valence-corrected chi connectivity index (χ3v) is 5.63. The van der Waals surface area contributed by atoms with Crippen LogP contribution in [0.5, 0.6) is 0 Å². The Hall–Kier alpha value is -0.610. The molecule has 1 unspecified atom stereocenters. The lowest BCUT2D eigenvalue weighted by Crippen LogP contribution is -2.43. The quantitative estimate of drug-likeness (QED) is 0.146. The first-order valence-electron chi connectivity index (χ1n) is 10.8. The number of carbonyl (C=O) groups excluding carboxylic acids is 1. The van der Waals surface area contributed by atoms with E-state index in [1.165, 1.54) is 38.5 Å². The van der Waals surface area contributed by atoms with Gasteiger partial charge in [-0.25, -0.2) is 0 Å². The highest BCUT2D eigenvalue weighted by molar-refractivity contribution is 14.0. The number of ether oxygens (including phenoxy) is 1. The largest absolute Gasteiger partial charge is 0.376 e. The molecule has 28 heavy (non-hydrogen) atoms. The van der Waals surface area contributed by atoms with Crippen molar-refractivity contribution in [3.8, 4) is 0 Å². The number of primary amides is 1. The van der Waals surface area contributed by atoms with Gasteiger partial charge in [-0.05, 0) is 45.2 Å². The lowest BCUT2D eigenvalue weighted by molar-refractivity contribution is -0.123. The first kappa shape index (κ1) is 25.4. The summed E-state index contributed by atoms with van der Waals surface area (Å²) in [4.78, 5) is 18.0. The molecule has 0 aromatic heterocycles. The van der Waals surface area contributed by atoms with Crippen LogP contribution in [-0.4, -0.2) is 69.2 Å². The third-order valence-electron chi connectivity index (χ3n) is 5.63. The van der Waals surface area contributed by atoms with E-state index in [-0.39, 0.29) is 35.8 Å². The van der Waals surface area contributed by atoms with Gasteiger partial charge in [-0.15, -0.1) is 24.0 Å². The van der Waals surface area contributed by atoms with E-state index in [0.29, 0.717) is 6.10 Å². The molecule has 0 spiro atoms. The van der Waals surface area contributed by atoms with Crippen LogP contribution in [0.2, 0.25) is 0 Å². The van der Waals surface area contributed by atoms with Gasteiger partial charge in [0.15, 0.2) is 5.96 Å². The number of amides is 1. The maximum Gasteiger partial charge on any atom is 0.221 e. The molecule has 4 N–H and O–H groups in total. The summed E-state index contributed by atoms with van der Waals surface area (Å²) >= 11 is 0. The van der Waals surface area contributed by atoms with Crippen molar-refractivity contribution >= 4 is 35.8 Å². The molecule has 1 heterocycles. The van der Waals surface area contributed by atoms with Gasteiger partial charge in [0.25, 0.3) is 0 Å². The molecule has 1 saturated carbocycles. The lowest BCUT2D eigenvalue weighted by Gasteiger charge is -2.31. The standard InChI is InChI=1S/C20H39N5O2.HI/c1-22-20(24-12-15-27-18-9-4-2-3-5-10-18)23-11-7-14-25-13-6-8-17(16-25)19(21)26;/h17-18H,2-16H2,1H3,(H2,21,26)(H2,22,23,24);1H. The minimum Gasteiger partial charge on any atom is -0.376 e. The summed E-state index contributed by atoms with van der Waals surface area (Å²) < 4.78 is 6.00. The number of rotatable bonds is 9. The van der Waals surface area contributed by atoms with Crippen molar-refractivity contribution in [2.75, 3.05) is 46.4 Å². The molecule has 164 valence electrons. The van der Waals surface area contributed by atoms with Gasteiger partial charge in [-0.3, -0.25) is 9.79 Å². The molecule has 8 heteroatoms. The molecule has 1 atom stereocenters. The van der Waals surface area contributed by atoms with E-state index >= 15 is 0 Å². The molecule has 2 aliphatic rings. The van der Waals surface area contributed by atoms with E-state index in [4.69, 9.17) is 10.5 Å². The summed E-state index contributed by atoms with van der Waals surface area (Å²) in [6.07, 6.45) is 11.2. The van der Waals surface area contributed by atoms with E-state index < -0.39 is 0 Å². The molecule has 0 aromatic rings. The fourth-order valence-electron chi connectivity index (χ4n) is 4.02. The van der Waals surface area contributed by atoms with Gasteiger partial charge in [-0.1, -0.05) is 25.7 Å². The number of aliphatic imine (C=N–C) groups is 1. The number of carbonyl (C=O) groups is 1. The average Bonchev–Trinajstić information content (AvgIpc) is 2.95. The number of likely N-dealkylation sites (tertiary alicyclic amines) is 1. The Morgan fingerprint density at radius 3 is 2.50 bits per heavy atom. The number of nitrogens with one attached hydrogen (secondary N) is 2. The van der Waals surface area contributed by atoms with Crippen LogP contribution in [0.1, 0.15) is 57.8 Å². The van der Waals surface area contributed by atoms with Gasteiger partial charge in [0, 0.05) is 26.7 Å². The molecule has 1 saturated heterocycles. The van der Waals surface area contributed by atoms with E-state index in [1.807, 2.05) is 0 Å². The molecule has 2 rings (SSSR count). The molecular weight excluding hydrogens is 469 g/mol. The highest BCUT2D eigenvalue weighted by atomic mass is 127. The predicted molar refractivity (Wildman–Crippen MR) is 125 cm³/mol. The van der Waals surface area contributed by atoms with Gasteiger partial charge < -0.3 is 26.0 Å². The average molecular weight is 509 g/mol. The first-order valence-corrected chi connectivity index (χ1v) is 10.8. The number of halogens is 1. The van der Waals surface area contributed by atoms with Gasteiger partial charge in [0.05, 0.1) is 18.6 Å². The number of guanidine groups is 1. The van der Waals surface area contributed by atoms with Crippen LogP contribution in [0.4, 0.5) is 0 Å². The van der Waals surface area contributed by atoms with Crippen LogP contribution in [0.25, 0.3) is 0 Å². The number of nitrogens with zero attached hydrogens (tertiary/aromatic N) is 2. The zero-order valence-electron chi connectivity index (χ0n) is 17.5. The molecule has 0 radical (unpaired) electrons. The second-order valence-electron chi connectivity index (χ2n) is 7.81. The summed E-state index contributed by atoms with van der Waals surface area (Å²) in [5, 5.41) is 6.68. The zero-order chi connectivity index (χ0) is 19.3. The van der Waals surface area contributed by atoms with Gasteiger partial charge in [0.2, 0.25) is 5.91 Å². The second-order valence-corrected chi connectivity index (χ2v) is 7.81. The fraction of sp³-hybridized carbons (Fsp3) is 0.900. The predicted octanol–water partition coefficient (Wildman–Crippen LogP) is 2.10. The fourth-order valence-corrected chi connectivity index (χ4v) is 4.02. The Bertz CT molecular complexity index is 456. The minimum atomic E-state index is -0.159. The van der Waals surface area contributed by atoms with Crippen LogP contribution < -0.4 is 16.4 Å². The van der Waals surface area contributed by atoms with E-state index in [2.05, 4.69) is 20.5 Å². The first-order chi connectivity index (χ1) is 13.2. The summed E-state index contributed by atoms with van der Waals surface area (Å²) in [6.45, 7) is 5.23. The highest BCUT2D eigenvalue weighted by Gasteiger charge is 2.23. The third kappa shape index (κ3) is 10.2. The Labute approximate surface area is 187 Å². The Kier molecular flexibility index (Phi) is 13.9. The SMILES string of the molecule is CN=C(NCCCN1CCCC(C(N)=O)C1)NCCOC1CCCCCC1.I. The maximum absolute atomic E-state index is 11.4. The minimum absolute atomic E-state index is 0. The topological polar surface area (TPSA) is 92.0 Å². The Balaban J connectivity index is 0.00000392. The van der Waals surface area contributed by atoms with E-state index in [0.717, 1.165) is 64.6 Å². The normalized spacial score (nSPS) is 22.2. The molecular formula is C20H40IN5O2. The van der Waals surface area contributed by atoms with Crippen LogP contribution >= 0.6 is 24.0 Å². The highest BCUT2D eigenvalue weighted by Crippen LogP contribution is 2.19. The second kappa shape index (κ2) is 15.3. The number of hydrogen-bond acceptors (Lipinski definition) is 4. The summed E-state index contributed by atoms with van der Waals surface area (Å²) in [5.74, 6) is 0.691. The maximum atomic E-state index is 11.4. The molecule has 1 aliphatic carbocycles. The molecule has 1 amide bonds. The van der Waals surface area contributed by atoms with Crippen molar-refractivity contribution in [1.82, 2.24) is 15.5 Å². The molecule has 1 aliphatic heterocycles. The molecule has 0 bridgehead atoms. The number of piperidine rings is 1. The van der Waals surface area contributed by atoms with Crippen LogP contribution in [0.15, 0.2) is 4.99 Å². The van der Waals surface area contributed by atoms with Crippen molar-refractivity contribution < 1.29 is 9.53 Å². The number of hydrogen-bond donors (Lipinski definition) is 3. The zero-order valence-corrected chi connectivity index (χ0v) is 19.8. The summed E-state index contributed by atoms with van der Waals surface area (Å²) in [7, 11) is 1.80. The Morgan fingerprint density at radius 1 is 1.11 bits per heavy atom. The van der Waals surface area contributed by atoms with Crippen LogP contribution in [0, 0.1) is 5.92 Å². The van der Waals surface area contributed by atoms with Crippen molar-refractivity contribution in [3.05, 3.63) is 0 Å². The van der Waals surface area contributed by atoms with Crippen molar-refractivity contribution in [3.63, 3.8) is 0 Å². The number of nitrogens with two attached hydrogens (primary N) is 1. The molecule has 7 nitrogen and oxygen atoms in total. The van der Waals surface area contributed by atoms with Crippen LogP contribution in [-0.2, 0) is 9.53 Å². The Morgan fingerprint density at radius 2 is 1.82 bits per heavy atom. The van der Waals surface area contributed by atoms with Crippen LogP contribution in [0.3, 0.4) is 0 Å². The van der Waals surface area contributed by atoms with Crippen molar-refractivity contribution in [2.24, 2.45) is 16.6 Å². The summed E-state index contributed by atoms with van der Waals surface area (Å²) in [5.41, 5.74) is 5.44. The van der Waals surface area contributed by atoms with Gasteiger partial charge >= 0.3 is 0 Å². The molecule has 2 fully saturated rings. The molecule has 0 aromatic carbocycles.